The lowest BCUT2D eigenvalue weighted by Crippen LogP contribution is -2.48. The lowest BCUT2D eigenvalue weighted by atomic mass is 9.98. The van der Waals surface area contributed by atoms with E-state index in [-0.39, 0.29) is 0 Å². The number of aromatic nitrogens is 3. The summed E-state index contributed by atoms with van der Waals surface area (Å²) < 4.78 is 2.05. The maximum atomic E-state index is 4.47. The molecule has 0 saturated carbocycles. The third-order valence-electron chi connectivity index (χ3n) is 4.85. The molecule has 2 unspecified atom stereocenters. The van der Waals surface area contributed by atoms with Crippen molar-refractivity contribution < 1.29 is 0 Å². The second kappa shape index (κ2) is 5.82. The number of fused-ring (bicyclic) bond motifs is 2. The Morgan fingerprint density at radius 1 is 1.35 bits per heavy atom. The number of piperidine rings is 1. The van der Waals surface area contributed by atoms with E-state index in [1.807, 2.05) is 0 Å². The number of hydrogen-bond donors (Lipinski definition) is 1. The number of hydrogen-bond acceptors (Lipinski definition) is 4. The first-order valence-electron chi connectivity index (χ1n) is 8.05. The van der Waals surface area contributed by atoms with E-state index in [4.69, 9.17) is 0 Å². The Morgan fingerprint density at radius 2 is 2.05 bits per heavy atom. The highest BCUT2D eigenvalue weighted by atomic mass is 15.4. The van der Waals surface area contributed by atoms with E-state index in [2.05, 4.69) is 45.8 Å². The van der Waals surface area contributed by atoms with Crippen molar-refractivity contribution in [2.24, 2.45) is 0 Å². The Hall–Kier alpha value is -0.940. The summed E-state index contributed by atoms with van der Waals surface area (Å²) in [6, 6.07) is 2.58. The predicted octanol–water partition coefficient (Wildman–Crippen LogP) is 1.96. The van der Waals surface area contributed by atoms with Crippen molar-refractivity contribution in [3.63, 3.8) is 0 Å². The molecule has 1 N–H and O–H groups in total. The summed E-state index contributed by atoms with van der Waals surface area (Å²) in [5, 5.41) is 8.08. The van der Waals surface area contributed by atoms with Crippen molar-refractivity contribution in [1.29, 1.82) is 0 Å². The first kappa shape index (κ1) is 14.0. The first-order chi connectivity index (χ1) is 9.67. The van der Waals surface area contributed by atoms with Gasteiger partial charge in [-0.3, -0.25) is 4.90 Å². The van der Waals surface area contributed by atoms with Crippen molar-refractivity contribution in [3.05, 3.63) is 12.2 Å². The first-order valence-corrected chi connectivity index (χ1v) is 8.05. The quantitative estimate of drug-likeness (QED) is 0.894. The van der Waals surface area contributed by atoms with Gasteiger partial charge in [0.2, 0.25) is 0 Å². The predicted molar refractivity (Wildman–Crippen MR) is 79.5 cm³/mol. The molecular formula is C15H27N5. The van der Waals surface area contributed by atoms with E-state index in [9.17, 15) is 0 Å². The highest BCUT2D eigenvalue weighted by Crippen LogP contribution is 2.30. The van der Waals surface area contributed by atoms with Gasteiger partial charge in [-0.05, 0) is 46.1 Å². The van der Waals surface area contributed by atoms with Crippen molar-refractivity contribution >= 4 is 0 Å². The SMILES string of the molecule is CCN(Cc1ncnn1C(C)C)C1CC2CCC(C1)N2. The summed E-state index contributed by atoms with van der Waals surface area (Å²) in [7, 11) is 0. The van der Waals surface area contributed by atoms with Crippen LogP contribution in [0.2, 0.25) is 0 Å². The minimum Gasteiger partial charge on any atom is -0.311 e. The maximum Gasteiger partial charge on any atom is 0.141 e. The van der Waals surface area contributed by atoms with Crippen molar-refractivity contribution in [3.8, 4) is 0 Å². The van der Waals surface area contributed by atoms with Crippen LogP contribution in [-0.2, 0) is 6.54 Å². The lowest BCUT2D eigenvalue weighted by Gasteiger charge is -2.37. The van der Waals surface area contributed by atoms with Crippen LogP contribution in [-0.4, -0.2) is 44.3 Å². The summed E-state index contributed by atoms with van der Waals surface area (Å²) >= 11 is 0. The van der Waals surface area contributed by atoms with Crippen LogP contribution in [0.4, 0.5) is 0 Å². The van der Waals surface area contributed by atoms with Crippen LogP contribution in [0.25, 0.3) is 0 Å². The monoisotopic (exact) mass is 277 g/mol. The summed E-state index contributed by atoms with van der Waals surface area (Å²) in [5.74, 6) is 1.10. The molecule has 0 aromatic carbocycles. The van der Waals surface area contributed by atoms with E-state index in [0.29, 0.717) is 12.1 Å². The van der Waals surface area contributed by atoms with Crippen LogP contribution < -0.4 is 5.32 Å². The average Bonchev–Trinajstić information content (AvgIpc) is 3.02. The second-order valence-electron chi connectivity index (χ2n) is 6.54. The highest BCUT2D eigenvalue weighted by Gasteiger charge is 2.35. The molecular weight excluding hydrogens is 250 g/mol. The molecule has 5 nitrogen and oxygen atoms in total. The normalized spacial score (nSPS) is 29.6. The molecule has 2 bridgehead atoms. The van der Waals surface area contributed by atoms with Crippen LogP contribution in [0.1, 0.15) is 58.3 Å². The van der Waals surface area contributed by atoms with Gasteiger partial charge in [0.25, 0.3) is 0 Å². The Bertz CT molecular complexity index is 429. The molecule has 0 aliphatic carbocycles. The van der Waals surface area contributed by atoms with E-state index >= 15 is 0 Å². The summed E-state index contributed by atoms with van der Waals surface area (Å²) in [6.45, 7) is 8.62. The molecule has 1 aromatic rings. The Balaban J connectivity index is 1.69. The van der Waals surface area contributed by atoms with Gasteiger partial charge in [0.15, 0.2) is 0 Å². The second-order valence-corrected chi connectivity index (χ2v) is 6.54. The fourth-order valence-electron chi connectivity index (χ4n) is 3.82. The largest absolute Gasteiger partial charge is 0.311 e. The van der Waals surface area contributed by atoms with E-state index in [1.54, 1.807) is 6.33 Å². The van der Waals surface area contributed by atoms with Crippen LogP contribution in [0.3, 0.4) is 0 Å². The number of rotatable bonds is 5. The summed E-state index contributed by atoms with van der Waals surface area (Å²) in [4.78, 5) is 7.06. The molecule has 2 atom stereocenters. The van der Waals surface area contributed by atoms with Gasteiger partial charge in [0, 0.05) is 24.2 Å². The van der Waals surface area contributed by atoms with E-state index in [0.717, 1.165) is 31.0 Å². The minimum atomic E-state index is 0.385. The van der Waals surface area contributed by atoms with Gasteiger partial charge < -0.3 is 5.32 Å². The van der Waals surface area contributed by atoms with Gasteiger partial charge in [-0.15, -0.1) is 0 Å². The molecule has 2 aliphatic heterocycles. The average molecular weight is 277 g/mol. The molecule has 0 spiro atoms. The molecule has 3 rings (SSSR count). The minimum absolute atomic E-state index is 0.385. The third-order valence-corrected chi connectivity index (χ3v) is 4.85. The molecule has 5 heteroatoms. The van der Waals surface area contributed by atoms with Gasteiger partial charge >= 0.3 is 0 Å². The maximum absolute atomic E-state index is 4.47. The summed E-state index contributed by atoms with van der Waals surface area (Å²) in [5.41, 5.74) is 0. The zero-order valence-electron chi connectivity index (χ0n) is 12.9. The van der Waals surface area contributed by atoms with Crippen LogP contribution in [0.15, 0.2) is 6.33 Å². The molecule has 2 saturated heterocycles. The van der Waals surface area contributed by atoms with E-state index in [1.165, 1.54) is 25.7 Å². The van der Waals surface area contributed by atoms with Gasteiger partial charge in [-0.25, -0.2) is 9.67 Å². The molecule has 20 heavy (non-hydrogen) atoms. The standard InChI is InChI=1S/C15H27N5/c1-4-19(9-15-16-10-17-20(15)11(2)3)14-7-12-5-6-13(8-14)18-12/h10-14,18H,4-9H2,1-3H3. The zero-order valence-corrected chi connectivity index (χ0v) is 12.9. The van der Waals surface area contributed by atoms with Crippen LogP contribution in [0, 0.1) is 0 Å². The molecule has 2 fully saturated rings. The molecule has 0 amide bonds. The van der Waals surface area contributed by atoms with Crippen LogP contribution in [0.5, 0.6) is 0 Å². The molecule has 1 aromatic heterocycles. The number of nitrogens with zero attached hydrogens (tertiary/aromatic N) is 4. The van der Waals surface area contributed by atoms with E-state index < -0.39 is 0 Å². The van der Waals surface area contributed by atoms with Gasteiger partial charge in [-0.2, -0.15) is 5.10 Å². The third kappa shape index (κ3) is 2.74. The van der Waals surface area contributed by atoms with Crippen molar-refractivity contribution in [2.45, 2.75) is 77.2 Å². The highest BCUT2D eigenvalue weighted by molar-refractivity contribution is 4.97. The smallest absolute Gasteiger partial charge is 0.141 e. The molecule has 3 heterocycles. The van der Waals surface area contributed by atoms with Crippen LogP contribution >= 0.6 is 0 Å². The number of nitrogens with one attached hydrogen (secondary N) is 1. The van der Waals surface area contributed by atoms with Gasteiger partial charge in [0.05, 0.1) is 6.54 Å². The zero-order chi connectivity index (χ0) is 14.1. The van der Waals surface area contributed by atoms with Crippen molar-refractivity contribution in [1.82, 2.24) is 25.0 Å². The Labute approximate surface area is 121 Å². The molecule has 2 aliphatic rings. The fourth-order valence-corrected chi connectivity index (χ4v) is 3.82. The Kier molecular flexibility index (Phi) is 4.08. The lowest BCUT2D eigenvalue weighted by molar-refractivity contribution is 0.135. The topological polar surface area (TPSA) is 46.0 Å². The Morgan fingerprint density at radius 3 is 2.65 bits per heavy atom. The fraction of sp³-hybridized carbons (Fsp3) is 0.867. The van der Waals surface area contributed by atoms with Crippen molar-refractivity contribution in [2.75, 3.05) is 6.54 Å². The molecule has 112 valence electrons. The van der Waals surface area contributed by atoms with Gasteiger partial charge in [-0.1, -0.05) is 6.92 Å². The van der Waals surface area contributed by atoms with Gasteiger partial charge in [0.1, 0.15) is 12.2 Å². The molecule has 0 radical (unpaired) electrons. The summed E-state index contributed by atoms with van der Waals surface area (Å²) in [6.07, 6.45) is 7.00.